The van der Waals surface area contributed by atoms with Crippen LogP contribution in [0, 0.1) is 16.5 Å². The molecule has 2 N–H and O–H groups in total. The molecule has 1 unspecified atom stereocenters. The van der Waals surface area contributed by atoms with E-state index < -0.39 is 30.5 Å². The van der Waals surface area contributed by atoms with Crippen molar-refractivity contribution < 1.29 is 42.4 Å². The summed E-state index contributed by atoms with van der Waals surface area (Å²) in [6.45, 7) is 0.732. The fourth-order valence-corrected chi connectivity index (χ4v) is 9.06. The van der Waals surface area contributed by atoms with E-state index in [0.717, 1.165) is 75.5 Å². The Labute approximate surface area is 331 Å². The van der Waals surface area contributed by atoms with Crippen molar-refractivity contribution in [1.82, 2.24) is 10.2 Å². The number of pyridine rings is 1. The van der Waals surface area contributed by atoms with Gasteiger partial charge in [0.25, 0.3) is 0 Å². The maximum Gasteiger partial charge on any atom is 0.387 e. The third-order valence-corrected chi connectivity index (χ3v) is 12.6. The number of aromatic carboxylic acids is 1. The molecule has 10 nitrogen and oxygen atoms in total. The van der Waals surface area contributed by atoms with Gasteiger partial charge < -0.3 is 29.4 Å². The van der Waals surface area contributed by atoms with Crippen LogP contribution in [0.15, 0.2) is 67.0 Å². The second kappa shape index (κ2) is 17.0. The molecular formula is C40H41Cl2F2N3O7S. The molecule has 0 spiro atoms. The first kappa shape index (κ1) is 39.2. The predicted octanol–water partition coefficient (Wildman–Crippen LogP) is 8.01. The Bertz CT molecular complexity index is 1970. The maximum absolute atomic E-state index is 13.8. The van der Waals surface area contributed by atoms with Crippen LogP contribution in [-0.2, 0) is 22.5 Å². The van der Waals surface area contributed by atoms with Gasteiger partial charge in [-0.1, -0.05) is 59.6 Å². The number of fused-ring (bicyclic) bond motifs is 3. The monoisotopic (exact) mass is 815 g/mol. The number of hydrogen-bond donors (Lipinski definition) is 2. The number of aromatic nitrogens is 1. The summed E-state index contributed by atoms with van der Waals surface area (Å²) in [5.41, 5.74) is 2.02. The number of carbonyl (C=O) groups excluding carboxylic acids is 1. The van der Waals surface area contributed by atoms with Gasteiger partial charge in [0.2, 0.25) is 0 Å². The van der Waals surface area contributed by atoms with Crippen LogP contribution in [0.4, 0.5) is 8.78 Å². The van der Waals surface area contributed by atoms with Crippen LogP contribution in [0.2, 0.25) is 10.0 Å². The zero-order chi connectivity index (χ0) is 38.7. The van der Waals surface area contributed by atoms with E-state index in [4.69, 9.17) is 37.4 Å². The van der Waals surface area contributed by atoms with Crippen LogP contribution in [-0.4, -0.2) is 61.4 Å². The number of thiophene rings is 1. The minimum absolute atomic E-state index is 0.00915. The molecule has 4 fully saturated rings. The summed E-state index contributed by atoms with van der Waals surface area (Å²) < 4.78 is 44.0. The number of halogens is 4. The Morgan fingerprint density at radius 3 is 2.33 bits per heavy atom. The van der Waals surface area contributed by atoms with E-state index in [1.54, 1.807) is 18.2 Å². The van der Waals surface area contributed by atoms with Crippen molar-refractivity contribution >= 4 is 46.5 Å². The van der Waals surface area contributed by atoms with E-state index in [9.17, 15) is 28.7 Å². The number of carbonyl (C=O) groups is 2. The summed E-state index contributed by atoms with van der Waals surface area (Å²) in [5, 5.41) is 26.1. The lowest BCUT2D eigenvalue weighted by Gasteiger charge is -2.48. The van der Waals surface area contributed by atoms with Gasteiger partial charge in [0.15, 0.2) is 23.9 Å². The van der Waals surface area contributed by atoms with Gasteiger partial charge in [-0.3, -0.25) is 5.32 Å². The molecule has 5 heterocycles. The number of hydrogen-bond acceptors (Lipinski definition) is 9. The number of carboxylic acids is 1. The van der Waals surface area contributed by atoms with Gasteiger partial charge in [-0.2, -0.15) is 13.5 Å². The highest BCUT2D eigenvalue weighted by Crippen LogP contribution is 2.43. The van der Waals surface area contributed by atoms with Gasteiger partial charge in [-0.25, -0.2) is 9.59 Å². The topological polar surface area (TPSA) is 124 Å². The second-order valence-electron chi connectivity index (χ2n) is 14.6. The smallest absolute Gasteiger partial charge is 0.387 e. The Balaban J connectivity index is 1.20. The molecule has 0 amide bonds. The number of carboxylic acid groups (broad SMARTS) is 1. The Hall–Kier alpha value is -4.01. The van der Waals surface area contributed by atoms with Crippen molar-refractivity contribution in [3.8, 4) is 11.5 Å². The van der Waals surface area contributed by atoms with Gasteiger partial charge in [0.1, 0.15) is 21.0 Å². The first-order chi connectivity index (χ1) is 26.5. The first-order valence-electron chi connectivity index (χ1n) is 18.3. The largest absolute Gasteiger partial charge is 0.619 e. The Kier molecular flexibility index (Phi) is 12.1. The molecule has 1 aliphatic carbocycles. The van der Waals surface area contributed by atoms with Crippen molar-refractivity contribution in [2.75, 3.05) is 32.8 Å². The molecular weight excluding hydrogens is 775 g/mol. The average Bonchev–Trinajstić information content (AvgIpc) is 3.91. The highest BCUT2D eigenvalue weighted by molar-refractivity contribution is 7.14. The van der Waals surface area contributed by atoms with Gasteiger partial charge in [-0.05, 0) is 99.0 Å². The van der Waals surface area contributed by atoms with Gasteiger partial charge >= 0.3 is 18.6 Å². The van der Waals surface area contributed by atoms with E-state index in [1.807, 2.05) is 30.3 Å². The molecule has 2 aromatic carbocycles. The average molecular weight is 817 g/mol. The molecule has 3 aliphatic heterocycles. The number of alkyl halides is 2. The lowest BCUT2D eigenvalue weighted by atomic mass is 9.73. The number of piperidine rings is 3. The van der Waals surface area contributed by atoms with Gasteiger partial charge in [0.05, 0.1) is 13.2 Å². The zero-order valence-electron chi connectivity index (χ0n) is 29.9. The number of benzene rings is 2. The van der Waals surface area contributed by atoms with E-state index in [2.05, 4.69) is 10.2 Å². The molecule has 2 aromatic heterocycles. The number of esters is 1. The molecule has 2 bridgehead atoms. The molecule has 8 rings (SSSR count). The van der Waals surface area contributed by atoms with E-state index in [1.165, 1.54) is 6.07 Å². The molecule has 1 saturated carbocycles. The quantitative estimate of drug-likeness (QED) is 0.0620. The molecule has 4 aliphatic rings. The van der Waals surface area contributed by atoms with Crippen LogP contribution in [0.1, 0.15) is 80.9 Å². The van der Waals surface area contributed by atoms with Crippen molar-refractivity contribution in [2.24, 2.45) is 11.3 Å². The van der Waals surface area contributed by atoms with Crippen LogP contribution in [0.25, 0.3) is 0 Å². The Morgan fingerprint density at radius 1 is 1.00 bits per heavy atom. The van der Waals surface area contributed by atoms with Crippen molar-refractivity contribution in [3.05, 3.63) is 114 Å². The van der Waals surface area contributed by atoms with Crippen molar-refractivity contribution in [3.63, 3.8) is 0 Å². The normalized spacial score (nSPS) is 20.3. The number of nitrogens with one attached hydrogen (secondary N) is 1. The number of nitrogens with zero attached hydrogens (tertiary/aromatic N) is 2. The molecule has 4 aromatic rings. The summed E-state index contributed by atoms with van der Waals surface area (Å²) in [6.07, 6.45) is 7.28. The summed E-state index contributed by atoms with van der Waals surface area (Å²) in [6, 6.07) is 14.7. The minimum atomic E-state index is -3.09. The Morgan fingerprint density at radius 2 is 1.69 bits per heavy atom. The molecule has 292 valence electrons. The molecule has 0 radical (unpaired) electrons. The van der Waals surface area contributed by atoms with Gasteiger partial charge in [-0.15, -0.1) is 11.3 Å². The van der Waals surface area contributed by atoms with E-state index in [0.29, 0.717) is 51.0 Å². The molecule has 3 saturated heterocycles. The summed E-state index contributed by atoms with van der Waals surface area (Å²) in [5.74, 6) is -2.08. The second-order valence-corrected chi connectivity index (χ2v) is 16.6. The third kappa shape index (κ3) is 9.52. The molecule has 55 heavy (non-hydrogen) atoms. The third-order valence-electron chi connectivity index (χ3n) is 10.8. The SMILES string of the molecule is O=C(O)c1sc(CNC(C(=O)OCC23CCN(CC2)CC3)c2ccccc2)cc1[C@@H](Cc1c(Cl)c[n+]([O-])cc1Cl)c1ccc(OC(F)F)c(OCC2CC2)c1. The fourth-order valence-electron chi connectivity index (χ4n) is 7.45. The summed E-state index contributed by atoms with van der Waals surface area (Å²) in [4.78, 5) is 29.7. The zero-order valence-corrected chi connectivity index (χ0v) is 32.2. The highest BCUT2D eigenvalue weighted by atomic mass is 35.5. The lowest BCUT2D eigenvalue weighted by molar-refractivity contribution is -0.605. The van der Waals surface area contributed by atoms with Crippen LogP contribution in [0.5, 0.6) is 11.5 Å². The highest BCUT2D eigenvalue weighted by Gasteiger charge is 2.41. The predicted molar refractivity (Wildman–Crippen MR) is 203 cm³/mol. The van der Waals surface area contributed by atoms with Crippen molar-refractivity contribution in [1.29, 1.82) is 0 Å². The lowest BCUT2D eigenvalue weighted by Crippen LogP contribution is -2.50. The molecule has 15 heteroatoms. The van der Waals surface area contributed by atoms with Crippen LogP contribution < -0.4 is 19.5 Å². The number of rotatable bonds is 17. The molecule has 2 atom stereocenters. The maximum atomic E-state index is 13.8. The number of ether oxygens (including phenoxy) is 3. The standard InChI is InChI=1S/C40H41Cl2F2N3O7S/c41-31-20-47(51)21-32(42)30(31)18-28(26-8-9-33(54-39(43)44)34(16-26)52-22-24-6-7-24)29-17-27(55-36(29)37(48)49)19-45-35(25-4-2-1-3-5-25)38(50)53-23-40-10-13-46(14-11-40)15-12-40/h1-5,8-9,16-17,20-21,24,28,35,39,45H,6-7,10-15,18-19,22-23H2,(H,48,49)/t28-,35?/m0/s1. The minimum Gasteiger partial charge on any atom is -0.619 e. The fraction of sp³-hybridized carbons (Fsp3) is 0.425. The summed E-state index contributed by atoms with van der Waals surface area (Å²) in [7, 11) is 0. The van der Waals surface area contributed by atoms with E-state index in [-0.39, 0.29) is 44.8 Å². The van der Waals surface area contributed by atoms with Gasteiger partial charge in [0, 0.05) is 28.3 Å². The van der Waals surface area contributed by atoms with E-state index >= 15 is 0 Å². The van der Waals surface area contributed by atoms with Crippen molar-refractivity contribution in [2.45, 2.75) is 63.6 Å². The van der Waals surface area contributed by atoms with Crippen LogP contribution in [0.3, 0.4) is 0 Å². The van der Waals surface area contributed by atoms with Crippen LogP contribution >= 0.6 is 34.5 Å². The summed E-state index contributed by atoms with van der Waals surface area (Å²) >= 11 is 14.1. The first-order valence-corrected chi connectivity index (χ1v) is 19.9.